The molecule has 11 nitrogen and oxygen atoms in total. The highest BCUT2D eigenvalue weighted by molar-refractivity contribution is 6.04. The summed E-state index contributed by atoms with van der Waals surface area (Å²) in [5.74, 6) is 1.45. The van der Waals surface area contributed by atoms with E-state index in [9.17, 15) is 24.0 Å². The quantitative estimate of drug-likeness (QED) is 0.124. The topological polar surface area (TPSA) is 150 Å². The Hall–Kier alpha value is -4.54. The number of carbonyl (C=O) groups is 3. The van der Waals surface area contributed by atoms with Crippen molar-refractivity contribution in [3.05, 3.63) is 64.2 Å². The number of amides is 3. The van der Waals surface area contributed by atoms with Gasteiger partial charge in [-0.05, 0) is 43.2 Å². The van der Waals surface area contributed by atoms with Crippen molar-refractivity contribution in [2.45, 2.75) is 44.8 Å². The first kappa shape index (κ1) is 31.4. The van der Waals surface area contributed by atoms with Gasteiger partial charge in [-0.3, -0.25) is 19.7 Å². The van der Waals surface area contributed by atoms with Crippen molar-refractivity contribution >= 4 is 23.6 Å². The minimum atomic E-state index is -2.12. The molecule has 4 rings (SSSR count). The Bertz CT molecular complexity index is 1520. The standard InChI is InChI=1S/C30H34F2N6O5/c1-4-5-24(39)35-29(41)30(33,17-37-16-20-7-9-23(43-3)26(32)25(20)28(37)40)11-10-19-6-8-21(22(31)14-19)27(36-42)38-13-12-34-15-18(38)2/h6-9,14,18,34,42H,4-5,12-13,15-17,33H2,1-3H3,(H,35,39,41). The summed E-state index contributed by atoms with van der Waals surface area (Å²) in [5, 5.41) is 18.4. The molecule has 1 saturated heterocycles. The van der Waals surface area contributed by atoms with Crippen LogP contribution in [0.5, 0.6) is 5.75 Å². The number of carbonyl (C=O) groups excluding carboxylic acids is 3. The lowest BCUT2D eigenvalue weighted by atomic mass is 9.98. The van der Waals surface area contributed by atoms with Crippen LogP contribution in [0.25, 0.3) is 0 Å². The molecule has 3 amide bonds. The van der Waals surface area contributed by atoms with Crippen molar-refractivity contribution < 1.29 is 33.1 Å². The Morgan fingerprint density at radius 1 is 1.30 bits per heavy atom. The molecule has 5 N–H and O–H groups in total. The lowest BCUT2D eigenvalue weighted by molar-refractivity contribution is -0.132. The van der Waals surface area contributed by atoms with Gasteiger partial charge in [-0.1, -0.05) is 30.0 Å². The summed E-state index contributed by atoms with van der Waals surface area (Å²) in [6, 6.07) is 6.88. The fourth-order valence-corrected chi connectivity index (χ4v) is 5.06. The molecule has 0 radical (unpaired) electrons. The number of halogens is 2. The van der Waals surface area contributed by atoms with Gasteiger partial charge in [0.1, 0.15) is 5.82 Å². The molecular weight excluding hydrogens is 562 g/mol. The summed E-state index contributed by atoms with van der Waals surface area (Å²) in [6.45, 7) is 4.93. The predicted molar refractivity (Wildman–Crippen MR) is 153 cm³/mol. The normalized spacial score (nSPS) is 18.0. The Kier molecular flexibility index (Phi) is 9.63. The summed E-state index contributed by atoms with van der Waals surface area (Å²) in [6.07, 6.45) is 0.530. The number of nitrogens with zero attached hydrogens (tertiary/aromatic N) is 3. The number of methoxy groups -OCH3 is 1. The molecule has 2 unspecified atom stereocenters. The molecule has 2 aromatic rings. The van der Waals surface area contributed by atoms with E-state index in [2.05, 4.69) is 27.6 Å². The SMILES string of the molecule is CCCC(=O)NC(=O)C(N)(C#Cc1ccc(C(=NO)N2CCNCC2C)c(F)c1)CN1Cc2ccc(OC)c(F)c2C1=O. The molecule has 0 aromatic heterocycles. The number of fused-ring (bicyclic) bond motifs is 1. The van der Waals surface area contributed by atoms with E-state index in [0.717, 1.165) is 11.0 Å². The van der Waals surface area contributed by atoms with Gasteiger partial charge in [0.15, 0.2) is 22.9 Å². The van der Waals surface area contributed by atoms with Gasteiger partial charge in [0.2, 0.25) is 5.91 Å². The number of nitrogens with one attached hydrogen (secondary N) is 2. The largest absolute Gasteiger partial charge is 0.494 e. The Morgan fingerprint density at radius 3 is 2.72 bits per heavy atom. The van der Waals surface area contributed by atoms with Gasteiger partial charge in [-0.15, -0.1) is 0 Å². The van der Waals surface area contributed by atoms with E-state index in [1.54, 1.807) is 17.9 Å². The van der Waals surface area contributed by atoms with Crippen LogP contribution >= 0.6 is 0 Å². The number of benzene rings is 2. The highest BCUT2D eigenvalue weighted by Gasteiger charge is 2.41. The fourth-order valence-electron chi connectivity index (χ4n) is 5.06. The number of imide groups is 1. The van der Waals surface area contributed by atoms with E-state index in [-0.39, 0.29) is 47.3 Å². The molecule has 2 aromatic carbocycles. The minimum absolute atomic E-state index is 0.0423. The van der Waals surface area contributed by atoms with Gasteiger partial charge in [0, 0.05) is 44.2 Å². The summed E-state index contributed by atoms with van der Waals surface area (Å²) in [4.78, 5) is 41.6. The van der Waals surface area contributed by atoms with Crippen molar-refractivity contribution in [3.8, 4) is 17.6 Å². The highest BCUT2D eigenvalue weighted by Crippen LogP contribution is 2.31. The van der Waals surface area contributed by atoms with E-state index in [4.69, 9.17) is 10.5 Å². The molecule has 0 aliphatic carbocycles. The molecule has 228 valence electrons. The summed E-state index contributed by atoms with van der Waals surface area (Å²) >= 11 is 0. The van der Waals surface area contributed by atoms with Crippen LogP contribution in [-0.4, -0.2) is 83.4 Å². The van der Waals surface area contributed by atoms with Gasteiger partial charge in [-0.25, -0.2) is 8.78 Å². The van der Waals surface area contributed by atoms with Crippen molar-refractivity contribution in [3.63, 3.8) is 0 Å². The molecule has 1 fully saturated rings. The third-order valence-corrected chi connectivity index (χ3v) is 7.36. The number of rotatable bonds is 7. The predicted octanol–water partition coefficient (Wildman–Crippen LogP) is 1.55. The molecule has 2 heterocycles. The number of piperazine rings is 1. The molecule has 0 bridgehead atoms. The van der Waals surface area contributed by atoms with Crippen LogP contribution < -0.4 is 21.1 Å². The van der Waals surface area contributed by atoms with Crippen LogP contribution in [0.15, 0.2) is 35.5 Å². The number of nitrogens with two attached hydrogens (primary N) is 1. The van der Waals surface area contributed by atoms with Gasteiger partial charge < -0.3 is 30.8 Å². The summed E-state index contributed by atoms with van der Waals surface area (Å²) in [5.41, 5.74) is 4.70. The molecule has 2 aliphatic heterocycles. The van der Waals surface area contributed by atoms with E-state index in [0.29, 0.717) is 31.6 Å². The maximum absolute atomic E-state index is 15.3. The van der Waals surface area contributed by atoms with Crippen LogP contribution in [-0.2, 0) is 16.1 Å². The smallest absolute Gasteiger partial charge is 0.260 e. The van der Waals surface area contributed by atoms with E-state index >= 15 is 4.39 Å². The van der Waals surface area contributed by atoms with Gasteiger partial charge in [0.05, 0.1) is 24.8 Å². The third kappa shape index (κ3) is 6.60. The first-order chi connectivity index (χ1) is 20.5. The molecule has 0 spiro atoms. The monoisotopic (exact) mass is 596 g/mol. The van der Waals surface area contributed by atoms with Gasteiger partial charge in [0.25, 0.3) is 11.8 Å². The minimum Gasteiger partial charge on any atom is -0.494 e. The summed E-state index contributed by atoms with van der Waals surface area (Å²) in [7, 11) is 1.28. The van der Waals surface area contributed by atoms with E-state index in [1.165, 1.54) is 25.3 Å². The number of ether oxygens (including phenoxy) is 1. The fraction of sp³-hybridized carbons (Fsp3) is 0.400. The van der Waals surface area contributed by atoms with Gasteiger partial charge in [-0.2, -0.15) is 0 Å². The van der Waals surface area contributed by atoms with Crippen molar-refractivity contribution in [2.75, 3.05) is 33.3 Å². The first-order valence-electron chi connectivity index (χ1n) is 13.8. The van der Waals surface area contributed by atoms with Crippen molar-refractivity contribution in [1.82, 2.24) is 20.4 Å². The lowest BCUT2D eigenvalue weighted by Crippen LogP contribution is -2.60. The maximum Gasteiger partial charge on any atom is 0.260 e. The van der Waals surface area contributed by atoms with Crippen molar-refractivity contribution in [1.29, 1.82) is 0 Å². The second-order valence-corrected chi connectivity index (χ2v) is 10.5. The molecular formula is C30H34F2N6O5. The van der Waals surface area contributed by atoms with Crippen LogP contribution in [0.4, 0.5) is 8.78 Å². The zero-order chi connectivity index (χ0) is 31.3. The third-order valence-electron chi connectivity index (χ3n) is 7.36. The lowest BCUT2D eigenvalue weighted by Gasteiger charge is -2.35. The zero-order valence-electron chi connectivity index (χ0n) is 24.2. The molecule has 13 heteroatoms. The van der Waals surface area contributed by atoms with Gasteiger partial charge >= 0.3 is 0 Å². The van der Waals surface area contributed by atoms with Crippen LogP contribution in [0.2, 0.25) is 0 Å². The van der Waals surface area contributed by atoms with Crippen LogP contribution in [0.1, 0.15) is 53.7 Å². The average molecular weight is 597 g/mol. The number of amidine groups is 1. The number of hydrogen-bond donors (Lipinski definition) is 4. The van der Waals surface area contributed by atoms with E-state index in [1.807, 2.05) is 6.92 Å². The molecule has 43 heavy (non-hydrogen) atoms. The average Bonchev–Trinajstić information content (AvgIpc) is 3.29. The number of oxime groups is 1. The zero-order valence-corrected chi connectivity index (χ0v) is 24.2. The van der Waals surface area contributed by atoms with Crippen molar-refractivity contribution in [2.24, 2.45) is 10.9 Å². The Balaban J connectivity index is 1.64. The Morgan fingerprint density at radius 2 is 2.07 bits per heavy atom. The van der Waals surface area contributed by atoms with E-state index < -0.39 is 41.4 Å². The first-order valence-corrected chi connectivity index (χ1v) is 13.8. The molecule has 2 aliphatic rings. The van der Waals surface area contributed by atoms with Crippen LogP contribution in [0.3, 0.4) is 0 Å². The Labute approximate surface area is 248 Å². The number of hydrogen-bond acceptors (Lipinski definition) is 8. The maximum atomic E-state index is 15.3. The highest BCUT2D eigenvalue weighted by atomic mass is 19.1. The summed E-state index contributed by atoms with van der Waals surface area (Å²) < 4.78 is 35.1. The second-order valence-electron chi connectivity index (χ2n) is 10.5. The molecule has 2 atom stereocenters. The second kappa shape index (κ2) is 13.2. The molecule has 0 saturated carbocycles. The van der Waals surface area contributed by atoms with Crippen LogP contribution in [0, 0.1) is 23.5 Å².